The maximum atomic E-state index is 5.11. The van der Waals surface area contributed by atoms with Gasteiger partial charge in [0.1, 0.15) is 0 Å². The highest BCUT2D eigenvalue weighted by molar-refractivity contribution is 4.76. The van der Waals surface area contributed by atoms with Gasteiger partial charge in [-0.15, -0.1) is 0 Å². The first kappa shape index (κ1) is 14.9. The standard InChI is InChI=1S/C13H29NO/c1-11(2)14-10-12(13(3,4)5)8-7-9-15-6/h11-12,14H,7-10H2,1-6H3. The summed E-state index contributed by atoms with van der Waals surface area (Å²) >= 11 is 0. The largest absolute Gasteiger partial charge is 0.385 e. The lowest BCUT2D eigenvalue weighted by molar-refractivity contribution is 0.160. The molecule has 0 radical (unpaired) electrons. The molecule has 0 aromatic rings. The highest BCUT2D eigenvalue weighted by atomic mass is 16.5. The minimum Gasteiger partial charge on any atom is -0.385 e. The van der Waals surface area contributed by atoms with Crippen LogP contribution in [-0.2, 0) is 4.74 Å². The number of nitrogens with one attached hydrogen (secondary N) is 1. The van der Waals surface area contributed by atoms with Crippen LogP contribution in [0.2, 0.25) is 0 Å². The van der Waals surface area contributed by atoms with Gasteiger partial charge in [-0.25, -0.2) is 0 Å². The molecular formula is C13H29NO. The van der Waals surface area contributed by atoms with E-state index in [0.29, 0.717) is 11.5 Å². The second kappa shape index (κ2) is 7.24. The third-order valence-corrected chi connectivity index (χ3v) is 2.90. The second-order valence-corrected chi connectivity index (χ2v) is 5.76. The first-order valence-corrected chi connectivity index (χ1v) is 6.10. The SMILES string of the molecule is COCCCC(CNC(C)C)C(C)(C)C. The second-order valence-electron chi connectivity index (χ2n) is 5.76. The highest BCUT2D eigenvalue weighted by Gasteiger charge is 2.23. The third kappa shape index (κ3) is 7.80. The van der Waals surface area contributed by atoms with Crippen LogP contribution in [0, 0.1) is 11.3 Å². The molecule has 0 aromatic heterocycles. The number of rotatable bonds is 7. The van der Waals surface area contributed by atoms with Crippen LogP contribution in [0.15, 0.2) is 0 Å². The molecule has 2 nitrogen and oxygen atoms in total. The molecule has 2 heteroatoms. The topological polar surface area (TPSA) is 21.3 Å². The van der Waals surface area contributed by atoms with Gasteiger partial charge in [-0.2, -0.15) is 0 Å². The zero-order valence-corrected chi connectivity index (χ0v) is 11.4. The molecule has 0 aliphatic heterocycles. The van der Waals surface area contributed by atoms with E-state index in [1.165, 1.54) is 6.42 Å². The van der Waals surface area contributed by atoms with Crippen molar-refractivity contribution in [1.82, 2.24) is 5.32 Å². The molecule has 0 aliphatic carbocycles. The van der Waals surface area contributed by atoms with Crippen LogP contribution in [0.3, 0.4) is 0 Å². The molecule has 1 atom stereocenters. The fraction of sp³-hybridized carbons (Fsp3) is 1.00. The minimum atomic E-state index is 0.385. The van der Waals surface area contributed by atoms with Crippen LogP contribution < -0.4 is 5.32 Å². The van der Waals surface area contributed by atoms with E-state index in [0.717, 1.165) is 25.5 Å². The Balaban J connectivity index is 3.96. The van der Waals surface area contributed by atoms with Gasteiger partial charge in [-0.05, 0) is 30.7 Å². The number of hydrogen-bond acceptors (Lipinski definition) is 2. The Hall–Kier alpha value is -0.0800. The van der Waals surface area contributed by atoms with Crippen molar-refractivity contribution in [3.8, 4) is 0 Å². The first-order chi connectivity index (χ1) is 6.88. The molecular weight excluding hydrogens is 186 g/mol. The summed E-state index contributed by atoms with van der Waals surface area (Å²) in [6, 6.07) is 0.581. The zero-order valence-electron chi connectivity index (χ0n) is 11.4. The molecule has 15 heavy (non-hydrogen) atoms. The van der Waals surface area contributed by atoms with E-state index in [-0.39, 0.29) is 0 Å². The molecule has 0 saturated heterocycles. The van der Waals surface area contributed by atoms with E-state index in [9.17, 15) is 0 Å². The molecule has 0 bridgehead atoms. The third-order valence-electron chi connectivity index (χ3n) is 2.90. The quantitative estimate of drug-likeness (QED) is 0.659. The van der Waals surface area contributed by atoms with Crippen LogP contribution in [0.4, 0.5) is 0 Å². The maximum Gasteiger partial charge on any atom is 0.0462 e. The van der Waals surface area contributed by atoms with E-state index in [1.807, 2.05) is 0 Å². The smallest absolute Gasteiger partial charge is 0.0462 e. The number of methoxy groups -OCH3 is 1. The van der Waals surface area contributed by atoms with Crippen LogP contribution >= 0.6 is 0 Å². The first-order valence-electron chi connectivity index (χ1n) is 6.10. The molecule has 0 spiro atoms. The Morgan fingerprint density at radius 2 is 1.80 bits per heavy atom. The van der Waals surface area contributed by atoms with Crippen molar-refractivity contribution in [2.75, 3.05) is 20.3 Å². The van der Waals surface area contributed by atoms with E-state index in [1.54, 1.807) is 7.11 Å². The summed E-state index contributed by atoms with van der Waals surface area (Å²) in [4.78, 5) is 0. The molecule has 0 fully saturated rings. The van der Waals surface area contributed by atoms with Gasteiger partial charge in [-0.1, -0.05) is 34.6 Å². The van der Waals surface area contributed by atoms with Crippen molar-refractivity contribution in [1.29, 1.82) is 0 Å². The van der Waals surface area contributed by atoms with Crippen molar-refractivity contribution in [2.24, 2.45) is 11.3 Å². The lowest BCUT2D eigenvalue weighted by Crippen LogP contribution is -2.35. The Morgan fingerprint density at radius 1 is 1.20 bits per heavy atom. The van der Waals surface area contributed by atoms with Crippen molar-refractivity contribution in [3.05, 3.63) is 0 Å². The summed E-state index contributed by atoms with van der Waals surface area (Å²) in [5, 5.41) is 3.54. The Bertz CT molecular complexity index is 149. The Morgan fingerprint density at radius 3 is 2.20 bits per heavy atom. The molecule has 0 amide bonds. The van der Waals surface area contributed by atoms with Gasteiger partial charge in [0.2, 0.25) is 0 Å². The summed E-state index contributed by atoms with van der Waals surface area (Å²) in [5.41, 5.74) is 0.385. The van der Waals surface area contributed by atoms with Crippen LogP contribution in [-0.4, -0.2) is 26.3 Å². The highest BCUT2D eigenvalue weighted by Crippen LogP contribution is 2.29. The van der Waals surface area contributed by atoms with Gasteiger partial charge in [0.05, 0.1) is 0 Å². The average Bonchev–Trinajstić information content (AvgIpc) is 2.08. The van der Waals surface area contributed by atoms with Gasteiger partial charge in [-0.3, -0.25) is 0 Å². The molecule has 92 valence electrons. The van der Waals surface area contributed by atoms with Gasteiger partial charge < -0.3 is 10.1 Å². The summed E-state index contributed by atoms with van der Waals surface area (Å²) < 4.78 is 5.11. The fourth-order valence-electron chi connectivity index (χ4n) is 1.69. The Kier molecular flexibility index (Phi) is 7.20. The maximum absolute atomic E-state index is 5.11. The molecule has 0 heterocycles. The monoisotopic (exact) mass is 215 g/mol. The molecule has 0 aromatic carbocycles. The minimum absolute atomic E-state index is 0.385. The number of ether oxygens (including phenoxy) is 1. The van der Waals surface area contributed by atoms with Crippen LogP contribution in [0.1, 0.15) is 47.5 Å². The van der Waals surface area contributed by atoms with Gasteiger partial charge in [0.15, 0.2) is 0 Å². The molecule has 0 aliphatic rings. The van der Waals surface area contributed by atoms with E-state index in [2.05, 4.69) is 39.9 Å². The number of hydrogen-bond donors (Lipinski definition) is 1. The van der Waals surface area contributed by atoms with Crippen molar-refractivity contribution in [3.63, 3.8) is 0 Å². The van der Waals surface area contributed by atoms with Crippen molar-refractivity contribution >= 4 is 0 Å². The van der Waals surface area contributed by atoms with Crippen LogP contribution in [0.5, 0.6) is 0 Å². The molecule has 0 rings (SSSR count). The predicted molar refractivity (Wildman–Crippen MR) is 67.2 cm³/mol. The fourth-order valence-corrected chi connectivity index (χ4v) is 1.69. The van der Waals surface area contributed by atoms with Gasteiger partial charge in [0.25, 0.3) is 0 Å². The van der Waals surface area contributed by atoms with E-state index < -0.39 is 0 Å². The molecule has 1 N–H and O–H groups in total. The van der Waals surface area contributed by atoms with Crippen molar-refractivity contribution in [2.45, 2.75) is 53.5 Å². The summed E-state index contributed by atoms with van der Waals surface area (Å²) in [6.07, 6.45) is 2.41. The summed E-state index contributed by atoms with van der Waals surface area (Å²) in [5.74, 6) is 0.732. The molecule has 1 unspecified atom stereocenters. The van der Waals surface area contributed by atoms with Crippen molar-refractivity contribution < 1.29 is 4.74 Å². The van der Waals surface area contributed by atoms with Gasteiger partial charge in [0, 0.05) is 19.8 Å². The predicted octanol–water partition coefficient (Wildman–Crippen LogP) is 3.07. The summed E-state index contributed by atoms with van der Waals surface area (Å²) in [7, 11) is 1.78. The summed E-state index contributed by atoms with van der Waals surface area (Å²) in [6.45, 7) is 13.4. The normalized spacial score (nSPS) is 14.6. The van der Waals surface area contributed by atoms with E-state index in [4.69, 9.17) is 4.74 Å². The van der Waals surface area contributed by atoms with Crippen LogP contribution in [0.25, 0.3) is 0 Å². The van der Waals surface area contributed by atoms with Gasteiger partial charge >= 0.3 is 0 Å². The van der Waals surface area contributed by atoms with E-state index >= 15 is 0 Å². The lowest BCUT2D eigenvalue weighted by Gasteiger charge is -2.31. The molecule has 0 saturated carbocycles. The average molecular weight is 215 g/mol. The zero-order chi connectivity index (χ0) is 11.9. The lowest BCUT2D eigenvalue weighted by atomic mass is 9.78. The Labute approximate surface area is 95.8 Å².